The summed E-state index contributed by atoms with van der Waals surface area (Å²) in [5.41, 5.74) is 0.949. The second-order valence-corrected chi connectivity index (χ2v) is 1.99. The third-order valence-corrected chi connectivity index (χ3v) is 1.16. The van der Waals surface area contributed by atoms with E-state index in [-0.39, 0.29) is 5.90 Å². The minimum Gasteiger partial charge on any atom is -0.472 e. The van der Waals surface area contributed by atoms with E-state index in [4.69, 9.17) is 10.1 Å². The molecule has 1 aliphatic heterocycles. The van der Waals surface area contributed by atoms with Crippen LogP contribution in [0, 0.1) is 5.41 Å². The lowest BCUT2D eigenvalue weighted by Gasteiger charge is -1.99. The minimum atomic E-state index is 0.228. The van der Waals surface area contributed by atoms with Gasteiger partial charge in [0.25, 0.3) is 0 Å². The molecule has 1 heterocycles. The monoisotopic (exact) mass is 138 g/mol. The Bertz CT molecular complexity index is 184. The molecule has 0 aliphatic carbocycles. The van der Waals surface area contributed by atoms with Crippen molar-refractivity contribution in [2.75, 3.05) is 13.2 Å². The van der Waals surface area contributed by atoms with Crippen LogP contribution in [0.1, 0.15) is 0 Å². The molecule has 0 saturated carbocycles. The van der Waals surface area contributed by atoms with Gasteiger partial charge in [0.15, 0.2) is 0 Å². The molecule has 3 heteroatoms. The molecule has 0 aromatic heterocycles. The van der Waals surface area contributed by atoms with Crippen LogP contribution in [-0.4, -0.2) is 19.0 Å². The summed E-state index contributed by atoms with van der Waals surface area (Å²) in [6, 6.07) is 0. The Kier molecular flexibility index (Phi) is 2.10. The maximum absolute atomic E-state index is 7.05. The highest BCUT2D eigenvalue weighted by Gasteiger charge is 2.07. The molecular weight excluding hydrogens is 128 g/mol. The van der Waals surface area contributed by atoms with E-state index in [0.717, 1.165) is 12.2 Å². The first-order valence-electron chi connectivity index (χ1n) is 3.09. The van der Waals surface area contributed by atoms with Crippen LogP contribution in [0.15, 0.2) is 24.4 Å². The van der Waals surface area contributed by atoms with Crippen molar-refractivity contribution in [3.8, 4) is 0 Å². The lowest BCUT2D eigenvalue weighted by Crippen LogP contribution is -2.13. The molecule has 0 radical (unpaired) electrons. The molecule has 54 valence electrons. The Balaban J connectivity index is 2.35. The lowest BCUT2D eigenvalue weighted by atomic mass is 10.4. The van der Waals surface area contributed by atoms with E-state index in [0.29, 0.717) is 6.61 Å². The molecule has 0 unspecified atom stereocenters. The van der Waals surface area contributed by atoms with E-state index >= 15 is 0 Å². The predicted molar refractivity (Wildman–Crippen MR) is 40.0 cm³/mol. The Morgan fingerprint density at radius 1 is 1.90 bits per heavy atom. The van der Waals surface area contributed by atoms with Crippen molar-refractivity contribution in [2.45, 2.75) is 0 Å². The zero-order valence-electron chi connectivity index (χ0n) is 5.68. The van der Waals surface area contributed by atoms with Crippen LogP contribution in [0.2, 0.25) is 0 Å². The summed E-state index contributed by atoms with van der Waals surface area (Å²) in [5, 5.41) is 10.1. The van der Waals surface area contributed by atoms with Crippen LogP contribution in [0.5, 0.6) is 0 Å². The molecule has 0 bridgehead atoms. The van der Waals surface area contributed by atoms with Gasteiger partial charge in [-0.25, -0.2) is 0 Å². The molecule has 0 saturated heterocycles. The summed E-state index contributed by atoms with van der Waals surface area (Å²) >= 11 is 0. The SMILES string of the molecule is C=CCNC1=CC(=N)OC1. The van der Waals surface area contributed by atoms with Crippen molar-refractivity contribution in [1.29, 1.82) is 5.41 Å². The molecule has 0 amide bonds. The Morgan fingerprint density at radius 3 is 3.20 bits per heavy atom. The van der Waals surface area contributed by atoms with E-state index in [1.165, 1.54) is 0 Å². The largest absolute Gasteiger partial charge is 0.472 e. The maximum atomic E-state index is 7.05. The molecule has 0 atom stereocenters. The summed E-state index contributed by atoms with van der Waals surface area (Å²) < 4.78 is 4.86. The zero-order valence-corrected chi connectivity index (χ0v) is 5.68. The van der Waals surface area contributed by atoms with Gasteiger partial charge in [0.1, 0.15) is 6.61 Å². The molecular formula is C7H10N2O. The van der Waals surface area contributed by atoms with Crippen molar-refractivity contribution in [3.63, 3.8) is 0 Å². The van der Waals surface area contributed by atoms with Gasteiger partial charge in [0.2, 0.25) is 5.90 Å². The molecule has 0 aromatic rings. The third kappa shape index (κ3) is 1.62. The average Bonchev–Trinajstić information content (AvgIpc) is 2.31. The quantitative estimate of drug-likeness (QED) is 0.562. The first kappa shape index (κ1) is 6.86. The van der Waals surface area contributed by atoms with Crippen LogP contribution in [-0.2, 0) is 4.74 Å². The minimum absolute atomic E-state index is 0.228. The number of nitrogens with one attached hydrogen (secondary N) is 2. The normalized spacial score (nSPS) is 16.0. The molecule has 1 rings (SSSR count). The fourth-order valence-corrected chi connectivity index (χ4v) is 0.702. The highest BCUT2D eigenvalue weighted by molar-refractivity contribution is 5.87. The maximum Gasteiger partial charge on any atom is 0.207 e. The molecule has 1 aliphatic rings. The van der Waals surface area contributed by atoms with Gasteiger partial charge in [-0.05, 0) is 0 Å². The Morgan fingerprint density at radius 2 is 2.70 bits per heavy atom. The number of ether oxygens (including phenoxy) is 1. The summed E-state index contributed by atoms with van der Waals surface area (Å²) in [6.45, 7) is 4.77. The van der Waals surface area contributed by atoms with Crippen molar-refractivity contribution < 1.29 is 4.74 Å². The van der Waals surface area contributed by atoms with Gasteiger partial charge in [-0.2, -0.15) is 0 Å². The van der Waals surface area contributed by atoms with Crippen molar-refractivity contribution in [2.24, 2.45) is 0 Å². The van der Waals surface area contributed by atoms with Crippen molar-refractivity contribution in [3.05, 3.63) is 24.4 Å². The van der Waals surface area contributed by atoms with E-state index in [9.17, 15) is 0 Å². The fraction of sp³-hybridized carbons (Fsp3) is 0.286. The number of hydrogen-bond acceptors (Lipinski definition) is 3. The molecule has 0 spiro atoms. The van der Waals surface area contributed by atoms with Gasteiger partial charge >= 0.3 is 0 Å². The third-order valence-electron chi connectivity index (χ3n) is 1.16. The molecule has 0 aromatic carbocycles. The summed E-state index contributed by atoms with van der Waals surface area (Å²) in [7, 11) is 0. The van der Waals surface area contributed by atoms with Gasteiger partial charge in [-0.1, -0.05) is 6.08 Å². The summed E-state index contributed by atoms with van der Waals surface area (Å²) in [5.74, 6) is 0.228. The fourth-order valence-electron chi connectivity index (χ4n) is 0.702. The average molecular weight is 138 g/mol. The second kappa shape index (κ2) is 3.06. The highest BCUT2D eigenvalue weighted by Crippen LogP contribution is 2.01. The van der Waals surface area contributed by atoms with Gasteiger partial charge in [0, 0.05) is 12.6 Å². The lowest BCUT2D eigenvalue weighted by molar-refractivity contribution is 0.348. The summed E-state index contributed by atoms with van der Waals surface area (Å²) in [4.78, 5) is 0. The van der Waals surface area contributed by atoms with E-state index < -0.39 is 0 Å². The predicted octanol–water partition coefficient (Wildman–Crippen LogP) is 0.653. The Hall–Kier alpha value is -1.25. The van der Waals surface area contributed by atoms with Crippen LogP contribution < -0.4 is 5.32 Å². The van der Waals surface area contributed by atoms with Crippen molar-refractivity contribution in [1.82, 2.24) is 5.32 Å². The molecule has 10 heavy (non-hydrogen) atoms. The van der Waals surface area contributed by atoms with Gasteiger partial charge in [-0.3, -0.25) is 5.41 Å². The van der Waals surface area contributed by atoms with E-state index in [1.807, 2.05) is 0 Å². The van der Waals surface area contributed by atoms with Gasteiger partial charge < -0.3 is 10.1 Å². The molecule has 2 N–H and O–H groups in total. The standard InChI is InChI=1S/C7H10N2O/c1-2-3-9-6-4-7(8)10-5-6/h2,4,8-9H,1,3,5H2. The summed E-state index contributed by atoms with van der Waals surface area (Å²) in [6.07, 6.45) is 3.44. The first-order valence-corrected chi connectivity index (χ1v) is 3.09. The Labute approximate surface area is 59.9 Å². The van der Waals surface area contributed by atoms with Crippen LogP contribution in [0.3, 0.4) is 0 Å². The first-order chi connectivity index (χ1) is 4.83. The van der Waals surface area contributed by atoms with Crippen LogP contribution in [0.4, 0.5) is 0 Å². The van der Waals surface area contributed by atoms with Crippen LogP contribution >= 0.6 is 0 Å². The number of hydrogen-bond donors (Lipinski definition) is 2. The number of rotatable bonds is 3. The molecule has 0 fully saturated rings. The van der Waals surface area contributed by atoms with E-state index in [2.05, 4.69) is 11.9 Å². The van der Waals surface area contributed by atoms with Gasteiger partial charge in [0.05, 0.1) is 5.70 Å². The zero-order chi connectivity index (χ0) is 7.40. The smallest absolute Gasteiger partial charge is 0.207 e. The van der Waals surface area contributed by atoms with Crippen molar-refractivity contribution >= 4 is 5.90 Å². The second-order valence-electron chi connectivity index (χ2n) is 1.99. The van der Waals surface area contributed by atoms with Crippen LogP contribution in [0.25, 0.3) is 0 Å². The topological polar surface area (TPSA) is 45.1 Å². The van der Waals surface area contributed by atoms with Gasteiger partial charge in [-0.15, -0.1) is 6.58 Å². The van der Waals surface area contributed by atoms with E-state index in [1.54, 1.807) is 12.2 Å². The highest BCUT2D eigenvalue weighted by atomic mass is 16.5. The molecule has 3 nitrogen and oxygen atoms in total.